The van der Waals surface area contributed by atoms with Gasteiger partial charge in [0.25, 0.3) is 5.91 Å². The Hall–Kier alpha value is -2.15. The molecule has 1 aromatic carbocycles. The molecule has 0 aliphatic heterocycles. The van der Waals surface area contributed by atoms with Gasteiger partial charge < -0.3 is 15.1 Å². The minimum Gasteiger partial charge on any atom is -0.444 e. The first-order chi connectivity index (χ1) is 9.95. The van der Waals surface area contributed by atoms with Gasteiger partial charge in [-0.05, 0) is 52.7 Å². The Morgan fingerprint density at radius 2 is 2.05 bits per heavy atom. The van der Waals surface area contributed by atoms with E-state index in [0.29, 0.717) is 4.67 Å². The van der Waals surface area contributed by atoms with Crippen LogP contribution in [0, 0.1) is 12.7 Å². The van der Waals surface area contributed by atoms with Crippen LogP contribution in [0.5, 0.6) is 0 Å². The molecule has 7 heteroatoms. The van der Waals surface area contributed by atoms with Gasteiger partial charge in [0.1, 0.15) is 5.82 Å². The van der Waals surface area contributed by atoms with Crippen molar-refractivity contribution in [3.63, 3.8) is 0 Å². The molecule has 0 fully saturated rings. The van der Waals surface area contributed by atoms with E-state index in [1.54, 1.807) is 19.1 Å². The molecule has 1 aromatic heterocycles. The first kappa shape index (κ1) is 15.2. The minimum atomic E-state index is -0.531. The van der Waals surface area contributed by atoms with Gasteiger partial charge in [-0.25, -0.2) is 4.39 Å². The van der Waals surface area contributed by atoms with Gasteiger partial charge in [0, 0.05) is 0 Å². The van der Waals surface area contributed by atoms with Gasteiger partial charge >= 0.3 is 0 Å². The molecule has 0 spiro atoms. The van der Waals surface area contributed by atoms with Crippen LogP contribution in [-0.2, 0) is 4.79 Å². The van der Waals surface area contributed by atoms with E-state index in [4.69, 9.17) is 4.42 Å². The predicted octanol–water partition coefficient (Wildman–Crippen LogP) is 2.86. The zero-order valence-electron chi connectivity index (χ0n) is 11.1. The third-order valence-electron chi connectivity index (χ3n) is 2.61. The maximum Gasteiger partial charge on any atom is 0.287 e. The molecule has 0 radical (unpaired) electrons. The van der Waals surface area contributed by atoms with Crippen molar-refractivity contribution in [2.24, 2.45) is 0 Å². The molecule has 2 N–H and O–H groups in total. The number of benzene rings is 1. The monoisotopic (exact) mass is 354 g/mol. The molecule has 2 aromatic rings. The Bertz CT molecular complexity index is 685. The van der Waals surface area contributed by atoms with Crippen molar-refractivity contribution in [2.45, 2.75) is 6.92 Å². The van der Waals surface area contributed by atoms with Crippen molar-refractivity contribution in [3.05, 3.63) is 52.1 Å². The highest BCUT2D eigenvalue weighted by molar-refractivity contribution is 9.10. The van der Waals surface area contributed by atoms with E-state index in [1.807, 2.05) is 0 Å². The van der Waals surface area contributed by atoms with Gasteiger partial charge in [-0.3, -0.25) is 9.59 Å². The average Bonchev–Trinajstić information content (AvgIpc) is 2.86. The van der Waals surface area contributed by atoms with Crippen molar-refractivity contribution in [1.82, 2.24) is 5.32 Å². The van der Waals surface area contributed by atoms with Crippen LogP contribution in [0.1, 0.15) is 16.1 Å². The summed E-state index contributed by atoms with van der Waals surface area (Å²) < 4.78 is 19.0. The molecule has 0 unspecified atom stereocenters. The Kier molecular flexibility index (Phi) is 4.74. The van der Waals surface area contributed by atoms with E-state index in [1.165, 1.54) is 18.2 Å². The lowest BCUT2D eigenvalue weighted by Crippen LogP contribution is -2.32. The molecule has 1 heterocycles. The zero-order valence-corrected chi connectivity index (χ0v) is 12.7. The lowest BCUT2D eigenvalue weighted by atomic mass is 10.2. The number of rotatable bonds is 4. The lowest BCUT2D eigenvalue weighted by Gasteiger charge is -2.07. The molecule has 21 heavy (non-hydrogen) atoms. The van der Waals surface area contributed by atoms with Crippen molar-refractivity contribution < 1.29 is 18.4 Å². The summed E-state index contributed by atoms with van der Waals surface area (Å²) in [6.45, 7) is 1.46. The fraction of sp³-hybridized carbons (Fsp3) is 0.143. The Morgan fingerprint density at radius 3 is 2.67 bits per heavy atom. The number of carbonyl (C=O) groups is 2. The fourth-order valence-corrected chi connectivity index (χ4v) is 1.91. The largest absolute Gasteiger partial charge is 0.444 e. The van der Waals surface area contributed by atoms with Crippen LogP contribution in [-0.4, -0.2) is 18.4 Å². The fourth-order valence-electron chi connectivity index (χ4n) is 1.60. The van der Waals surface area contributed by atoms with E-state index in [2.05, 4.69) is 26.6 Å². The van der Waals surface area contributed by atoms with Crippen molar-refractivity contribution >= 4 is 33.4 Å². The summed E-state index contributed by atoms with van der Waals surface area (Å²) in [5.74, 6) is -1.50. The molecule has 0 aliphatic carbocycles. The summed E-state index contributed by atoms with van der Waals surface area (Å²) in [5.41, 5.74) is 0.822. The van der Waals surface area contributed by atoms with Crippen LogP contribution in [0.25, 0.3) is 0 Å². The molecule has 5 nitrogen and oxygen atoms in total. The number of aryl methyl sites for hydroxylation is 1. The maximum absolute atomic E-state index is 13.6. The first-order valence-electron chi connectivity index (χ1n) is 6.05. The number of carbonyl (C=O) groups excluding carboxylic acids is 2. The minimum absolute atomic E-state index is 0.0700. The number of furan rings is 1. The van der Waals surface area contributed by atoms with Gasteiger partial charge in [0.05, 0.1) is 12.2 Å². The van der Waals surface area contributed by atoms with Gasteiger partial charge in [-0.1, -0.05) is 6.07 Å². The smallest absolute Gasteiger partial charge is 0.287 e. The van der Waals surface area contributed by atoms with Gasteiger partial charge in [0.2, 0.25) is 5.91 Å². The number of hydrogen-bond donors (Lipinski definition) is 2. The summed E-state index contributed by atoms with van der Waals surface area (Å²) in [6, 6.07) is 7.49. The SMILES string of the molecule is Cc1ccc(NC(=O)CNC(=O)c2ccc(Br)o2)c(F)c1. The molecule has 2 amide bonds. The van der Waals surface area contributed by atoms with Crippen molar-refractivity contribution in [2.75, 3.05) is 11.9 Å². The molecule has 0 saturated carbocycles. The summed E-state index contributed by atoms with van der Waals surface area (Å²) in [4.78, 5) is 23.3. The van der Waals surface area contributed by atoms with Crippen LogP contribution in [0.3, 0.4) is 0 Å². The topological polar surface area (TPSA) is 71.3 Å². The van der Waals surface area contributed by atoms with E-state index < -0.39 is 17.6 Å². The second-order valence-electron chi connectivity index (χ2n) is 4.32. The number of hydrogen-bond acceptors (Lipinski definition) is 3. The third kappa shape index (κ3) is 4.16. The predicted molar refractivity (Wildman–Crippen MR) is 78.5 cm³/mol. The van der Waals surface area contributed by atoms with Crippen LogP contribution in [0.2, 0.25) is 0 Å². The van der Waals surface area contributed by atoms with Crippen molar-refractivity contribution in [1.29, 1.82) is 0 Å². The standard InChI is InChI=1S/C14H12BrFN2O3/c1-8-2-3-10(9(16)6-8)18-13(19)7-17-14(20)11-4-5-12(15)21-11/h2-6H,7H2,1H3,(H,17,20)(H,18,19). The quantitative estimate of drug-likeness (QED) is 0.886. The summed E-state index contributed by atoms with van der Waals surface area (Å²) in [7, 11) is 0. The highest BCUT2D eigenvalue weighted by Gasteiger charge is 2.12. The highest BCUT2D eigenvalue weighted by atomic mass is 79.9. The molecule has 0 saturated heterocycles. The van der Waals surface area contributed by atoms with Crippen LogP contribution < -0.4 is 10.6 Å². The molecular formula is C14H12BrFN2O3. The van der Waals surface area contributed by atoms with E-state index in [9.17, 15) is 14.0 Å². The molecule has 110 valence electrons. The Balaban J connectivity index is 1.89. The second kappa shape index (κ2) is 6.53. The number of nitrogens with one attached hydrogen (secondary N) is 2. The van der Waals surface area contributed by atoms with Gasteiger partial charge in [-0.15, -0.1) is 0 Å². The van der Waals surface area contributed by atoms with Crippen LogP contribution >= 0.6 is 15.9 Å². The number of amides is 2. The average molecular weight is 355 g/mol. The first-order valence-corrected chi connectivity index (χ1v) is 6.84. The zero-order chi connectivity index (χ0) is 15.4. The highest BCUT2D eigenvalue weighted by Crippen LogP contribution is 2.15. The molecular weight excluding hydrogens is 343 g/mol. The molecule has 0 aliphatic rings. The number of anilines is 1. The van der Waals surface area contributed by atoms with E-state index >= 15 is 0 Å². The second-order valence-corrected chi connectivity index (χ2v) is 5.10. The number of halogens is 2. The summed E-state index contributed by atoms with van der Waals surface area (Å²) in [6.07, 6.45) is 0. The Labute approximate surface area is 128 Å². The summed E-state index contributed by atoms with van der Waals surface area (Å²) in [5, 5.41) is 4.76. The van der Waals surface area contributed by atoms with Gasteiger partial charge in [-0.2, -0.15) is 0 Å². The molecule has 0 bridgehead atoms. The summed E-state index contributed by atoms with van der Waals surface area (Å²) >= 11 is 3.07. The maximum atomic E-state index is 13.6. The molecule has 2 rings (SSSR count). The van der Waals surface area contributed by atoms with E-state index in [-0.39, 0.29) is 18.0 Å². The normalized spacial score (nSPS) is 10.2. The molecule has 0 atom stereocenters. The lowest BCUT2D eigenvalue weighted by molar-refractivity contribution is -0.115. The van der Waals surface area contributed by atoms with Gasteiger partial charge in [0.15, 0.2) is 10.4 Å². The van der Waals surface area contributed by atoms with E-state index in [0.717, 1.165) is 5.56 Å². The van der Waals surface area contributed by atoms with Crippen LogP contribution in [0.4, 0.5) is 10.1 Å². The Morgan fingerprint density at radius 1 is 1.29 bits per heavy atom. The van der Waals surface area contributed by atoms with Crippen molar-refractivity contribution in [3.8, 4) is 0 Å². The third-order valence-corrected chi connectivity index (χ3v) is 3.03. The van der Waals surface area contributed by atoms with Crippen LogP contribution in [0.15, 0.2) is 39.4 Å².